The average Bonchev–Trinajstić information content (AvgIpc) is 3.38. The van der Waals surface area contributed by atoms with Gasteiger partial charge in [-0.3, -0.25) is 4.79 Å². The first-order valence-corrected chi connectivity index (χ1v) is 12.7. The zero-order chi connectivity index (χ0) is 25.1. The third-order valence-electron chi connectivity index (χ3n) is 6.70. The summed E-state index contributed by atoms with van der Waals surface area (Å²) in [7, 11) is 4.00. The second-order valence-electron chi connectivity index (χ2n) is 9.53. The molecule has 1 saturated carbocycles. The normalized spacial score (nSPS) is 17.6. The van der Waals surface area contributed by atoms with Crippen molar-refractivity contribution in [1.29, 1.82) is 0 Å². The number of anilines is 2. The highest BCUT2D eigenvalue weighted by molar-refractivity contribution is 6.30. The van der Waals surface area contributed by atoms with Crippen LogP contribution in [-0.2, 0) is 0 Å². The number of benzene rings is 2. The van der Waals surface area contributed by atoms with Crippen molar-refractivity contribution in [2.45, 2.75) is 31.7 Å². The van der Waals surface area contributed by atoms with Crippen LogP contribution in [0.25, 0.3) is 22.2 Å². The summed E-state index contributed by atoms with van der Waals surface area (Å²) in [6.07, 6.45) is 4.07. The molecule has 2 heterocycles. The maximum absolute atomic E-state index is 12.6. The molecule has 0 unspecified atom stereocenters. The smallest absolute Gasteiger partial charge is 0.287 e. The van der Waals surface area contributed by atoms with Gasteiger partial charge in [-0.05, 0) is 80.1 Å². The van der Waals surface area contributed by atoms with E-state index in [1.165, 1.54) is 0 Å². The van der Waals surface area contributed by atoms with Gasteiger partial charge < -0.3 is 20.0 Å². The molecule has 0 atom stereocenters. The third kappa shape index (κ3) is 5.46. The molecule has 0 saturated heterocycles. The number of amides is 1. The lowest BCUT2D eigenvalue weighted by molar-refractivity contribution is 0.0916. The van der Waals surface area contributed by atoms with Crippen molar-refractivity contribution in [2.24, 2.45) is 5.92 Å². The summed E-state index contributed by atoms with van der Waals surface area (Å²) in [5.74, 6) is 2.81. The van der Waals surface area contributed by atoms with Crippen LogP contribution in [-0.4, -0.2) is 42.6 Å². The fraction of sp³-hybridized carbons (Fsp3) is 0.321. The van der Waals surface area contributed by atoms with Crippen LogP contribution in [0, 0.1) is 5.92 Å². The molecule has 1 amide bonds. The van der Waals surface area contributed by atoms with Crippen LogP contribution in [0.15, 0.2) is 65.1 Å². The number of aromatic nitrogens is 2. The Kier molecular flexibility index (Phi) is 7.09. The lowest BCUT2D eigenvalue weighted by atomic mass is 9.86. The second-order valence-corrected chi connectivity index (χ2v) is 9.96. The van der Waals surface area contributed by atoms with Gasteiger partial charge in [-0.15, -0.1) is 0 Å². The number of nitrogens with zero attached hydrogens (tertiary/aromatic N) is 3. The molecule has 8 heteroatoms. The molecule has 2 aromatic carbocycles. The van der Waals surface area contributed by atoms with Gasteiger partial charge in [0.05, 0.1) is 5.52 Å². The molecule has 0 radical (unpaired) electrons. The molecule has 2 aromatic heterocycles. The van der Waals surface area contributed by atoms with Gasteiger partial charge in [0, 0.05) is 42.7 Å². The number of para-hydroxylation sites is 1. The van der Waals surface area contributed by atoms with Gasteiger partial charge in [0.25, 0.3) is 5.91 Å². The zero-order valence-corrected chi connectivity index (χ0v) is 21.3. The average molecular weight is 504 g/mol. The van der Waals surface area contributed by atoms with Crippen LogP contribution in [0.4, 0.5) is 11.8 Å². The van der Waals surface area contributed by atoms with Crippen molar-refractivity contribution in [3.8, 4) is 11.3 Å². The van der Waals surface area contributed by atoms with Gasteiger partial charge in [-0.25, -0.2) is 4.98 Å². The zero-order valence-electron chi connectivity index (χ0n) is 20.5. The van der Waals surface area contributed by atoms with E-state index in [2.05, 4.69) is 16.7 Å². The minimum absolute atomic E-state index is 0.184. The van der Waals surface area contributed by atoms with E-state index in [4.69, 9.17) is 26.0 Å². The van der Waals surface area contributed by atoms with E-state index in [-0.39, 0.29) is 5.91 Å². The molecule has 4 aromatic rings. The Bertz CT molecular complexity index is 1340. The topological polar surface area (TPSA) is 83.3 Å². The van der Waals surface area contributed by atoms with E-state index in [0.717, 1.165) is 48.0 Å². The molecule has 36 heavy (non-hydrogen) atoms. The summed E-state index contributed by atoms with van der Waals surface area (Å²) in [6.45, 7) is 0.639. The highest BCUT2D eigenvalue weighted by atomic mass is 35.5. The standard InChI is InChI=1S/C28H30ClN5O2/c1-34(2)26-22-5-3-4-6-23(22)32-28(33-26)31-21-13-7-18(8-14-21)17-30-27(35)25-16-15-24(36-25)19-9-11-20(29)12-10-19/h3-6,9-12,15-16,18,21H,7-8,13-14,17H2,1-2H3,(H,30,35)(H,31,32,33)/t18-,21+. The first kappa shape index (κ1) is 24.1. The maximum atomic E-state index is 12.6. The predicted molar refractivity (Wildman–Crippen MR) is 145 cm³/mol. The van der Waals surface area contributed by atoms with Gasteiger partial charge >= 0.3 is 0 Å². The van der Waals surface area contributed by atoms with Crippen molar-refractivity contribution in [2.75, 3.05) is 30.9 Å². The van der Waals surface area contributed by atoms with E-state index in [1.54, 1.807) is 18.2 Å². The molecule has 1 fully saturated rings. The molecule has 186 valence electrons. The summed E-state index contributed by atoms with van der Waals surface area (Å²) in [6, 6.07) is 19.3. The molecular formula is C28H30ClN5O2. The summed E-state index contributed by atoms with van der Waals surface area (Å²) in [5.41, 5.74) is 1.82. The minimum Gasteiger partial charge on any atom is -0.451 e. The number of furan rings is 1. The molecule has 0 aliphatic heterocycles. The lowest BCUT2D eigenvalue weighted by Gasteiger charge is -2.29. The number of hydrogen-bond acceptors (Lipinski definition) is 6. The largest absolute Gasteiger partial charge is 0.451 e. The fourth-order valence-electron chi connectivity index (χ4n) is 4.71. The predicted octanol–water partition coefficient (Wildman–Crippen LogP) is 6.01. The Morgan fingerprint density at radius 1 is 1.00 bits per heavy atom. The number of halogens is 1. The number of fused-ring (bicyclic) bond motifs is 1. The number of hydrogen-bond donors (Lipinski definition) is 2. The Hall–Kier alpha value is -3.58. The van der Waals surface area contributed by atoms with Crippen molar-refractivity contribution in [1.82, 2.24) is 15.3 Å². The van der Waals surface area contributed by atoms with Gasteiger partial charge in [-0.2, -0.15) is 4.98 Å². The Labute approximate surface area is 215 Å². The van der Waals surface area contributed by atoms with E-state index in [1.807, 2.05) is 55.4 Å². The summed E-state index contributed by atoms with van der Waals surface area (Å²) < 4.78 is 5.77. The van der Waals surface area contributed by atoms with Crippen LogP contribution in [0.1, 0.15) is 36.2 Å². The number of rotatable bonds is 7. The molecule has 5 rings (SSSR count). The van der Waals surface area contributed by atoms with E-state index < -0.39 is 0 Å². The van der Waals surface area contributed by atoms with Crippen LogP contribution in [0.3, 0.4) is 0 Å². The van der Waals surface area contributed by atoms with Gasteiger partial charge in [-0.1, -0.05) is 23.7 Å². The summed E-state index contributed by atoms with van der Waals surface area (Å²) >= 11 is 5.95. The summed E-state index contributed by atoms with van der Waals surface area (Å²) in [4.78, 5) is 24.1. The van der Waals surface area contributed by atoms with Crippen LogP contribution in [0.2, 0.25) is 5.02 Å². The highest BCUT2D eigenvalue weighted by Crippen LogP contribution is 2.29. The van der Waals surface area contributed by atoms with E-state index >= 15 is 0 Å². The lowest BCUT2D eigenvalue weighted by Crippen LogP contribution is -2.34. The van der Waals surface area contributed by atoms with E-state index in [0.29, 0.717) is 41.0 Å². The maximum Gasteiger partial charge on any atom is 0.287 e. The van der Waals surface area contributed by atoms with Gasteiger partial charge in [0.15, 0.2) is 5.76 Å². The van der Waals surface area contributed by atoms with Gasteiger partial charge in [0.2, 0.25) is 5.95 Å². The van der Waals surface area contributed by atoms with Crippen molar-refractivity contribution < 1.29 is 9.21 Å². The Morgan fingerprint density at radius 3 is 2.50 bits per heavy atom. The Balaban J connectivity index is 1.13. The van der Waals surface area contributed by atoms with E-state index in [9.17, 15) is 4.79 Å². The summed E-state index contributed by atoms with van der Waals surface area (Å²) in [5, 5.41) is 8.29. The first-order valence-electron chi connectivity index (χ1n) is 12.3. The van der Waals surface area contributed by atoms with Gasteiger partial charge in [0.1, 0.15) is 11.6 Å². The SMILES string of the molecule is CN(C)c1nc(N[C@H]2CC[C@@H](CNC(=O)c3ccc(-c4ccc(Cl)cc4)o3)CC2)nc2ccccc12. The monoisotopic (exact) mass is 503 g/mol. The number of carbonyl (C=O) groups excluding carboxylic acids is 1. The molecule has 0 spiro atoms. The highest BCUT2D eigenvalue weighted by Gasteiger charge is 2.23. The molecular weight excluding hydrogens is 474 g/mol. The Morgan fingerprint density at radius 2 is 1.75 bits per heavy atom. The van der Waals surface area contributed by atoms with Crippen molar-refractivity contribution >= 4 is 40.2 Å². The molecule has 1 aliphatic rings. The second kappa shape index (κ2) is 10.6. The van der Waals surface area contributed by atoms with Crippen LogP contribution >= 0.6 is 11.6 Å². The number of nitrogens with one attached hydrogen (secondary N) is 2. The van der Waals surface area contributed by atoms with Crippen LogP contribution in [0.5, 0.6) is 0 Å². The minimum atomic E-state index is -0.184. The number of carbonyl (C=O) groups is 1. The van der Waals surface area contributed by atoms with Crippen molar-refractivity contribution in [3.63, 3.8) is 0 Å². The van der Waals surface area contributed by atoms with Crippen LogP contribution < -0.4 is 15.5 Å². The molecule has 0 bridgehead atoms. The quantitative estimate of drug-likeness (QED) is 0.321. The third-order valence-corrected chi connectivity index (χ3v) is 6.95. The molecule has 7 nitrogen and oxygen atoms in total. The molecule has 2 N–H and O–H groups in total. The van der Waals surface area contributed by atoms with Crippen molar-refractivity contribution in [3.05, 3.63) is 71.4 Å². The molecule has 1 aliphatic carbocycles. The fourth-order valence-corrected chi connectivity index (χ4v) is 4.84. The first-order chi connectivity index (χ1) is 17.5.